The maximum absolute atomic E-state index is 13.1. The number of benzene rings is 1. The predicted octanol–water partition coefficient (Wildman–Crippen LogP) is 4.64. The van der Waals surface area contributed by atoms with Gasteiger partial charge in [-0.05, 0) is 70.6 Å². The van der Waals surface area contributed by atoms with Crippen molar-refractivity contribution in [3.63, 3.8) is 0 Å². The van der Waals surface area contributed by atoms with Crippen LogP contribution in [0.25, 0.3) is 0 Å². The van der Waals surface area contributed by atoms with Crippen LogP contribution < -0.4 is 0 Å². The van der Waals surface area contributed by atoms with E-state index in [2.05, 4.69) is 6.92 Å². The van der Waals surface area contributed by atoms with E-state index in [0.717, 1.165) is 24.8 Å². The first-order chi connectivity index (χ1) is 10.5. The van der Waals surface area contributed by atoms with E-state index in [1.807, 2.05) is 46.8 Å². The second-order valence-electron chi connectivity index (χ2n) is 7.51. The molecule has 3 nitrogen and oxygen atoms in total. The van der Waals surface area contributed by atoms with Crippen LogP contribution in [0, 0.1) is 5.92 Å². The van der Waals surface area contributed by atoms with Gasteiger partial charge in [0.2, 0.25) is 0 Å². The maximum atomic E-state index is 13.1. The summed E-state index contributed by atoms with van der Waals surface area (Å²) in [6, 6.07) is 7.28. The molecule has 0 amide bonds. The fourth-order valence-electron chi connectivity index (χ4n) is 2.49. The molecule has 23 heavy (non-hydrogen) atoms. The molecule has 1 aromatic carbocycles. The lowest BCUT2D eigenvalue weighted by Gasteiger charge is -2.34. The van der Waals surface area contributed by atoms with E-state index >= 15 is 0 Å². The second-order valence-corrected chi connectivity index (χ2v) is 10.0. The van der Waals surface area contributed by atoms with Crippen LogP contribution in [0.15, 0.2) is 29.2 Å². The molecule has 4 heteroatoms. The van der Waals surface area contributed by atoms with E-state index in [9.17, 15) is 8.42 Å². The monoisotopic (exact) mass is 340 g/mol. The van der Waals surface area contributed by atoms with Crippen molar-refractivity contribution in [3.8, 4) is 0 Å². The molecule has 0 heterocycles. The van der Waals surface area contributed by atoms with Gasteiger partial charge in [0.25, 0.3) is 0 Å². The summed E-state index contributed by atoms with van der Waals surface area (Å²) < 4.78 is 30.7. The van der Waals surface area contributed by atoms with Crippen LogP contribution in [0.2, 0.25) is 0 Å². The summed E-state index contributed by atoms with van der Waals surface area (Å²) in [7, 11) is -1.68. The van der Waals surface area contributed by atoms with Crippen molar-refractivity contribution in [2.75, 3.05) is 7.11 Å². The van der Waals surface area contributed by atoms with Gasteiger partial charge in [-0.2, -0.15) is 0 Å². The van der Waals surface area contributed by atoms with Gasteiger partial charge in [-0.3, -0.25) is 0 Å². The second kappa shape index (κ2) is 7.35. The zero-order chi connectivity index (χ0) is 17.9. The number of hydrogen-bond acceptors (Lipinski definition) is 3. The van der Waals surface area contributed by atoms with Crippen LogP contribution in [-0.2, 0) is 21.0 Å². The largest absolute Gasteiger partial charge is 0.379 e. The molecule has 0 aromatic heterocycles. The molecule has 0 N–H and O–H groups in total. The number of sulfone groups is 1. The van der Waals surface area contributed by atoms with Crippen molar-refractivity contribution < 1.29 is 13.2 Å². The van der Waals surface area contributed by atoms with Crippen molar-refractivity contribution in [2.24, 2.45) is 5.92 Å². The van der Waals surface area contributed by atoms with E-state index in [1.165, 1.54) is 0 Å². The minimum absolute atomic E-state index is 0.0350. The Bertz CT molecular complexity index is 598. The van der Waals surface area contributed by atoms with Crippen LogP contribution >= 0.6 is 0 Å². The first-order valence-corrected chi connectivity index (χ1v) is 9.85. The zero-order valence-electron chi connectivity index (χ0n) is 15.6. The lowest BCUT2D eigenvalue weighted by atomic mass is 9.88. The molecule has 0 saturated heterocycles. The third kappa shape index (κ3) is 4.57. The number of hydrogen-bond donors (Lipinski definition) is 0. The van der Waals surface area contributed by atoms with Gasteiger partial charge in [-0.15, -0.1) is 0 Å². The Hall–Kier alpha value is -0.870. The van der Waals surface area contributed by atoms with Gasteiger partial charge < -0.3 is 4.74 Å². The summed E-state index contributed by atoms with van der Waals surface area (Å²) in [6.45, 7) is 11.8. The SMILES string of the molecule is CCc1ccc(S(=O)(=O)C(C)(C)C(C)CCC(C)(C)OC)cc1. The highest BCUT2D eigenvalue weighted by Crippen LogP contribution is 2.36. The third-order valence-electron chi connectivity index (χ3n) is 5.25. The lowest BCUT2D eigenvalue weighted by molar-refractivity contribution is 0.00990. The highest BCUT2D eigenvalue weighted by atomic mass is 32.2. The fraction of sp³-hybridized carbons (Fsp3) is 0.684. The average molecular weight is 341 g/mol. The quantitative estimate of drug-likeness (QED) is 0.692. The smallest absolute Gasteiger partial charge is 0.183 e. The standard InChI is InChI=1S/C19H32O3S/c1-8-16-9-11-17(12-10-16)23(20,21)19(5,6)15(2)13-14-18(3,4)22-7/h9-12,15H,8,13-14H2,1-7H3. The molecule has 0 aliphatic heterocycles. The minimum atomic E-state index is -3.38. The predicted molar refractivity (Wildman–Crippen MR) is 96.6 cm³/mol. The Labute approximate surface area is 142 Å². The van der Waals surface area contributed by atoms with Crippen LogP contribution in [0.3, 0.4) is 0 Å². The van der Waals surface area contributed by atoms with Gasteiger partial charge in [0.15, 0.2) is 9.84 Å². The molecular formula is C19H32O3S. The number of aryl methyl sites for hydroxylation is 1. The van der Waals surface area contributed by atoms with Crippen LogP contribution in [0.4, 0.5) is 0 Å². The van der Waals surface area contributed by atoms with Gasteiger partial charge in [0.05, 0.1) is 15.2 Å². The summed E-state index contributed by atoms with van der Waals surface area (Å²) in [5.41, 5.74) is 0.924. The number of methoxy groups -OCH3 is 1. The fourth-order valence-corrected chi connectivity index (χ4v) is 4.24. The Kier molecular flexibility index (Phi) is 6.45. The number of ether oxygens (including phenoxy) is 1. The van der Waals surface area contributed by atoms with Gasteiger partial charge in [0, 0.05) is 7.11 Å². The van der Waals surface area contributed by atoms with E-state index < -0.39 is 14.6 Å². The van der Waals surface area contributed by atoms with Crippen molar-refractivity contribution in [1.29, 1.82) is 0 Å². The Morgan fingerprint density at radius 1 is 1.09 bits per heavy atom. The zero-order valence-corrected chi connectivity index (χ0v) is 16.5. The topological polar surface area (TPSA) is 43.4 Å². The number of rotatable bonds is 8. The highest BCUT2D eigenvalue weighted by molar-refractivity contribution is 7.92. The van der Waals surface area contributed by atoms with Gasteiger partial charge >= 0.3 is 0 Å². The molecule has 0 aliphatic rings. The van der Waals surface area contributed by atoms with Crippen molar-refractivity contribution in [1.82, 2.24) is 0 Å². The average Bonchev–Trinajstić information content (AvgIpc) is 2.52. The van der Waals surface area contributed by atoms with Crippen molar-refractivity contribution in [3.05, 3.63) is 29.8 Å². The summed E-state index contributed by atoms with van der Waals surface area (Å²) in [5, 5.41) is 0. The molecule has 1 atom stereocenters. The minimum Gasteiger partial charge on any atom is -0.379 e. The van der Waals surface area contributed by atoms with E-state index in [-0.39, 0.29) is 11.5 Å². The first-order valence-electron chi connectivity index (χ1n) is 8.36. The van der Waals surface area contributed by atoms with Gasteiger partial charge in [-0.1, -0.05) is 26.0 Å². The Balaban J connectivity index is 2.99. The summed E-state index contributed by atoms with van der Waals surface area (Å²) >= 11 is 0. The van der Waals surface area contributed by atoms with Crippen LogP contribution in [0.5, 0.6) is 0 Å². The molecule has 0 aliphatic carbocycles. The molecule has 1 unspecified atom stereocenters. The Morgan fingerprint density at radius 3 is 2.04 bits per heavy atom. The summed E-state index contributed by atoms with van der Waals surface area (Å²) in [4.78, 5) is 0.414. The lowest BCUT2D eigenvalue weighted by Crippen LogP contribution is -2.39. The molecular weight excluding hydrogens is 308 g/mol. The van der Waals surface area contributed by atoms with E-state index in [4.69, 9.17) is 4.74 Å². The molecule has 0 saturated carbocycles. The molecule has 132 valence electrons. The molecule has 0 radical (unpaired) electrons. The molecule has 1 rings (SSSR count). The van der Waals surface area contributed by atoms with Crippen molar-refractivity contribution in [2.45, 2.75) is 76.0 Å². The summed E-state index contributed by atoms with van der Waals surface area (Å²) in [5.74, 6) is 0.0350. The molecule has 1 aromatic rings. The molecule has 0 bridgehead atoms. The van der Waals surface area contributed by atoms with Crippen molar-refractivity contribution >= 4 is 9.84 Å². The van der Waals surface area contributed by atoms with Gasteiger partial charge in [-0.25, -0.2) is 8.42 Å². The normalized spacial score (nSPS) is 14.7. The van der Waals surface area contributed by atoms with Crippen LogP contribution in [-0.4, -0.2) is 25.9 Å². The highest BCUT2D eigenvalue weighted by Gasteiger charge is 2.40. The maximum Gasteiger partial charge on any atom is 0.183 e. The first kappa shape index (κ1) is 20.2. The summed E-state index contributed by atoms with van der Waals surface area (Å²) in [6.07, 6.45) is 2.55. The molecule has 0 spiro atoms. The van der Waals surface area contributed by atoms with Gasteiger partial charge in [0.1, 0.15) is 0 Å². The van der Waals surface area contributed by atoms with E-state index in [0.29, 0.717) is 4.90 Å². The van der Waals surface area contributed by atoms with E-state index in [1.54, 1.807) is 19.2 Å². The van der Waals surface area contributed by atoms with Crippen LogP contribution in [0.1, 0.15) is 59.9 Å². The molecule has 0 fully saturated rings. The third-order valence-corrected chi connectivity index (χ3v) is 7.93. The Morgan fingerprint density at radius 2 is 1.61 bits per heavy atom.